The summed E-state index contributed by atoms with van der Waals surface area (Å²) in [4.78, 5) is 13.7. The summed E-state index contributed by atoms with van der Waals surface area (Å²) in [5.41, 5.74) is 7.95. The lowest BCUT2D eigenvalue weighted by molar-refractivity contribution is 0.0953. The molecule has 0 radical (unpaired) electrons. The molecule has 0 aromatic heterocycles. The van der Waals surface area contributed by atoms with Crippen molar-refractivity contribution in [2.24, 2.45) is 0 Å². The van der Waals surface area contributed by atoms with E-state index < -0.39 is 0 Å². The molecule has 1 amide bonds. The first-order valence-electron chi connectivity index (χ1n) is 5.84. The quantitative estimate of drug-likeness (QED) is 0.469. The van der Waals surface area contributed by atoms with Crippen LogP contribution in [0.15, 0.2) is 18.2 Å². The Morgan fingerprint density at radius 1 is 1.50 bits per heavy atom. The number of unbranched alkanes of at least 4 members (excludes halogenated alkanes) is 1. The van der Waals surface area contributed by atoms with Crippen molar-refractivity contribution in [3.05, 3.63) is 23.8 Å². The molecule has 0 spiro atoms. The van der Waals surface area contributed by atoms with Crippen molar-refractivity contribution >= 4 is 17.3 Å². The molecule has 1 rings (SSSR count). The van der Waals surface area contributed by atoms with Crippen molar-refractivity contribution in [2.45, 2.75) is 12.8 Å². The summed E-state index contributed by atoms with van der Waals surface area (Å²) in [5.74, 6) is 2.41. The second-order valence-corrected chi connectivity index (χ2v) is 4.23. The summed E-state index contributed by atoms with van der Waals surface area (Å²) < 4.78 is 0. The molecule has 0 aliphatic carbocycles. The monoisotopic (exact) mass is 245 g/mol. The number of hydrogen-bond acceptors (Lipinski definition) is 3. The third kappa shape index (κ3) is 3.70. The number of benzene rings is 1. The van der Waals surface area contributed by atoms with Crippen molar-refractivity contribution in [2.75, 3.05) is 31.3 Å². The lowest BCUT2D eigenvalue weighted by Crippen LogP contribution is -2.24. The molecular formula is C14H19N3O. The number of rotatable bonds is 5. The maximum atomic E-state index is 11.8. The first-order chi connectivity index (χ1) is 8.56. The highest BCUT2D eigenvalue weighted by Crippen LogP contribution is 2.22. The number of nitrogen functional groups attached to an aromatic ring is 1. The van der Waals surface area contributed by atoms with E-state index >= 15 is 0 Å². The molecule has 96 valence electrons. The number of carbonyl (C=O) groups is 1. The van der Waals surface area contributed by atoms with Crippen LogP contribution in [0.2, 0.25) is 0 Å². The smallest absolute Gasteiger partial charge is 0.251 e. The summed E-state index contributed by atoms with van der Waals surface area (Å²) in [7, 11) is 3.82. The van der Waals surface area contributed by atoms with Gasteiger partial charge in [-0.15, -0.1) is 12.3 Å². The van der Waals surface area contributed by atoms with E-state index in [-0.39, 0.29) is 5.91 Å². The Labute approximate surface area is 108 Å². The Balaban J connectivity index is 2.64. The number of nitrogens with two attached hydrogens (primary N) is 1. The fourth-order valence-electron chi connectivity index (χ4n) is 1.60. The number of carbonyl (C=O) groups excluding carboxylic acids is 1. The lowest BCUT2D eigenvalue weighted by Gasteiger charge is -2.15. The van der Waals surface area contributed by atoms with Crippen LogP contribution < -0.4 is 16.0 Å². The van der Waals surface area contributed by atoms with Gasteiger partial charge < -0.3 is 16.0 Å². The summed E-state index contributed by atoms with van der Waals surface area (Å²) >= 11 is 0. The Morgan fingerprint density at radius 3 is 2.78 bits per heavy atom. The highest BCUT2D eigenvalue weighted by molar-refractivity contribution is 5.96. The molecule has 1 aromatic carbocycles. The van der Waals surface area contributed by atoms with Crippen LogP contribution in [0.25, 0.3) is 0 Å². The van der Waals surface area contributed by atoms with Crippen LogP contribution in [0, 0.1) is 12.3 Å². The van der Waals surface area contributed by atoms with E-state index in [2.05, 4.69) is 11.2 Å². The van der Waals surface area contributed by atoms with Crippen LogP contribution in [0.5, 0.6) is 0 Å². The summed E-state index contributed by atoms with van der Waals surface area (Å²) in [6.07, 6.45) is 6.59. The number of hydrogen-bond donors (Lipinski definition) is 2. The minimum atomic E-state index is -0.121. The molecule has 0 atom stereocenters. The zero-order chi connectivity index (χ0) is 13.5. The second kappa shape index (κ2) is 6.55. The first kappa shape index (κ1) is 13.9. The topological polar surface area (TPSA) is 58.4 Å². The van der Waals surface area contributed by atoms with Crippen LogP contribution in [-0.4, -0.2) is 26.5 Å². The Morgan fingerprint density at radius 2 is 2.22 bits per heavy atom. The normalized spacial score (nSPS) is 9.61. The maximum absolute atomic E-state index is 11.8. The summed E-state index contributed by atoms with van der Waals surface area (Å²) in [5, 5.41) is 2.81. The highest BCUT2D eigenvalue weighted by atomic mass is 16.1. The van der Waals surface area contributed by atoms with Gasteiger partial charge >= 0.3 is 0 Å². The second-order valence-electron chi connectivity index (χ2n) is 4.23. The average molecular weight is 245 g/mol. The summed E-state index contributed by atoms with van der Waals surface area (Å²) in [6.45, 7) is 0.582. The maximum Gasteiger partial charge on any atom is 0.251 e. The molecule has 18 heavy (non-hydrogen) atoms. The Hall–Kier alpha value is -2.15. The first-order valence-corrected chi connectivity index (χ1v) is 5.84. The molecular weight excluding hydrogens is 226 g/mol. The largest absolute Gasteiger partial charge is 0.397 e. The molecule has 0 bridgehead atoms. The minimum Gasteiger partial charge on any atom is -0.397 e. The van der Waals surface area contributed by atoms with E-state index in [0.717, 1.165) is 12.1 Å². The fourth-order valence-corrected chi connectivity index (χ4v) is 1.60. The van der Waals surface area contributed by atoms with Gasteiger partial charge in [0.15, 0.2) is 0 Å². The van der Waals surface area contributed by atoms with Crippen molar-refractivity contribution in [3.63, 3.8) is 0 Å². The molecule has 0 aliphatic heterocycles. The van der Waals surface area contributed by atoms with Crippen molar-refractivity contribution in [1.29, 1.82) is 0 Å². The van der Waals surface area contributed by atoms with Crippen molar-refractivity contribution < 1.29 is 4.79 Å². The standard InChI is InChI=1S/C14H19N3O/c1-4-5-6-9-16-14(18)11-7-8-13(17(2)3)12(15)10-11/h1,7-8,10H,5-6,9,15H2,2-3H3,(H,16,18). The molecule has 1 aromatic rings. The zero-order valence-electron chi connectivity index (χ0n) is 10.9. The van der Waals surface area contributed by atoms with Gasteiger partial charge in [0.2, 0.25) is 0 Å². The van der Waals surface area contributed by atoms with Gasteiger partial charge in [-0.3, -0.25) is 4.79 Å². The van der Waals surface area contributed by atoms with Crippen molar-refractivity contribution in [1.82, 2.24) is 5.32 Å². The van der Waals surface area contributed by atoms with Gasteiger partial charge in [-0.1, -0.05) is 0 Å². The van der Waals surface area contributed by atoms with E-state index in [1.54, 1.807) is 12.1 Å². The van der Waals surface area contributed by atoms with Gasteiger partial charge in [0.05, 0.1) is 11.4 Å². The number of anilines is 2. The molecule has 0 unspecified atom stereocenters. The third-order valence-corrected chi connectivity index (χ3v) is 2.55. The molecule has 0 saturated heterocycles. The van der Waals surface area contributed by atoms with Crippen LogP contribution in [0.4, 0.5) is 11.4 Å². The fraction of sp³-hybridized carbons (Fsp3) is 0.357. The summed E-state index contributed by atoms with van der Waals surface area (Å²) in [6, 6.07) is 5.29. The number of amides is 1. The number of nitrogens with zero attached hydrogens (tertiary/aromatic N) is 1. The van der Waals surface area contributed by atoms with Crippen LogP contribution in [0.3, 0.4) is 0 Å². The van der Waals surface area contributed by atoms with Crippen LogP contribution in [-0.2, 0) is 0 Å². The molecule has 0 aliphatic rings. The minimum absolute atomic E-state index is 0.121. The average Bonchev–Trinajstić information content (AvgIpc) is 2.33. The van der Waals surface area contributed by atoms with Gasteiger partial charge in [0, 0.05) is 32.6 Å². The molecule has 3 N–H and O–H groups in total. The Bertz CT molecular complexity index is 461. The predicted octanol–water partition coefficient (Wildman–Crippen LogP) is 1.48. The number of terminal acetylenes is 1. The van der Waals surface area contributed by atoms with Crippen LogP contribution >= 0.6 is 0 Å². The van der Waals surface area contributed by atoms with Crippen molar-refractivity contribution in [3.8, 4) is 12.3 Å². The van der Waals surface area contributed by atoms with Gasteiger partial charge in [0.1, 0.15) is 0 Å². The molecule has 4 heteroatoms. The predicted molar refractivity (Wildman–Crippen MR) is 75.6 cm³/mol. The van der Waals surface area contributed by atoms with E-state index in [1.165, 1.54) is 0 Å². The van der Waals surface area contributed by atoms with E-state index in [4.69, 9.17) is 12.2 Å². The highest BCUT2D eigenvalue weighted by Gasteiger charge is 2.08. The zero-order valence-corrected chi connectivity index (χ0v) is 10.9. The van der Waals surface area contributed by atoms with Crippen LogP contribution in [0.1, 0.15) is 23.2 Å². The van der Waals surface area contributed by atoms with E-state index in [0.29, 0.717) is 24.2 Å². The molecule has 0 saturated carbocycles. The van der Waals surface area contributed by atoms with Gasteiger partial charge in [-0.05, 0) is 24.6 Å². The van der Waals surface area contributed by atoms with E-state index in [9.17, 15) is 4.79 Å². The Kier molecular flexibility index (Phi) is 5.06. The lowest BCUT2D eigenvalue weighted by atomic mass is 10.1. The third-order valence-electron chi connectivity index (χ3n) is 2.55. The van der Waals surface area contributed by atoms with Gasteiger partial charge in [-0.25, -0.2) is 0 Å². The van der Waals surface area contributed by atoms with E-state index in [1.807, 2.05) is 25.1 Å². The number of nitrogens with one attached hydrogen (secondary N) is 1. The SMILES string of the molecule is C#CCCCNC(=O)c1ccc(N(C)C)c(N)c1. The molecule has 4 nitrogen and oxygen atoms in total. The molecule has 0 heterocycles. The van der Waals surface area contributed by atoms with Gasteiger partial charge in [0.25, 0.3) is 5.91 Å². The van der Waals surface area contributed by atoms with Gasteiger partial charge in [-0.2, -0.15) is 0 Å². The molecule has 0 fully saturated rings.